The first-order valence-electron chi connectivity index (χ1n) is 10.2. The first-order chi connectivity index (χ1) is 14.4. The minimum absolute atomic E-state index is 0.0455. The largest absolute Gasteiger partial charge is 0.423 e. The van der Waals surface area contributed by atoms with Crippen LogP contribution in [0.15, 0.2) is 45.6 Å². The van der Waals surface area contributed by atoms with Crippen LogP contribution in [0.5, 0.6) is 0 Å². The van der Waals surface area contributed by atoms with Gasteiger partial charge in [-0.3, -0.25) is 9.59 Å². The van der Waals surface area contributed by atoms with Gasteiger partial charge in [-0.2, -0.15) is 10.1 Å². The smallest absolute Gasteiger partial charge is 0.297 e. The third-order valence-corrected chi connectivity index (χ3v) is 5.42. The van der Waals surface area contributed by atoms with Crippen molar-refractivity contribution in [3.05, 3.63) is 58.0 Å². The molecule has 0 bridgehead atoms. The summed E-state index contributed by atoms with van der Waals surface area (Å²) in [5.74, 6) is 0.598. The van der Waals surface area contributed by atoms with E-state index in [-0.39, 0.29) is 24.3 Å². The molecule has 7 nitrogen and oxygen atoms in total. The van der Waals surface area contributed by atoms with Crippen molar-refractivity contribution in [1.29, 1.82) is 0 Å². The van der Waals surface area contributed by atoms with E-state index >= 15 is 0 Å². The molecular weight excluding hydrogens is 380 g/mol. The van der Waals surface area contributed by atoms with Crippen molar-refractivity contribution < 1.29 is 9.21 Å². The lowest BCUT2D eigenvalue weighted by Gasteiger charge is -2.18. The van der Waals surface area contributed by atoms with Crippen LogP contribution in [0.2, 0.25) is 0 Å². The lowest BCUT2D eigenvalue weighted by atomic mass is 9.90. The number of allylic oxidation sites excluding steroid dienone is 2. The predicted molar refractivity (Wildman–Crippen MR) is 117 cm³/mol. The zero-order chi connectivity index (χ0) is 21.3. The second kappa shape index (κ2) is 8.26. The van der Waals surface area contributed by atoms with Gasteiger partial charge in [-0.25, -0.2) is 4.68 Å². The predicted octanol–water partition coefficient (Wildman–Crippen LogP) is 3.47. The van der Waals surface area contributed by atoms with E-state index in [1.165, 1.54) is 10.7 Å². The molecule has 0 saturated heterocycles. The molecular formula is C23H26N4O3. The van der Waals surface area contributed by atoms with Crippen molar-refractivity contribution in [1.82, 2.24) is 14.8 Å². The zero-order valence-corrected chi connectivity index (χ0v) is 17.6. The van der Waals surface area contributed by atoms with Crippen molar-refractivity contribution in [2.24, 2.45) is 5.92 Å². The van der Waals surface area contributed by atoms with Gasteiger partial charge >= 0.3 is 0 Å². The van der Waals surface area contributed by atoms with Crippen LogP contribution < -0.4 is 10.5 Å². The molecule has 1 unspecified atom stereocenters. The molecule has 30 heavy (non-hydrogen) atoms. The van der Waals surface area contributed by atoms with Crippen LogP contribution in [0.25, 0.3) is 16.7 Å². The lowest BCUT2D eigenvalue weighted by Crippen LogP contribution is -2.27. The van der Waals surface area contributed by atoms with E-state index in [0.29, 0.717) is 23.0 Å². The molecule has 0 aliphatic heterocycles. The Morgan fingerprint density at radius 3 is 2.83 bits per heavy atom. The van der Waals surface area contributed by atoms with Gasteiger partial charge in [0.25, 0.3) is 11.6 Å². The van der Waals surface area contributed by atoms with E-state index in [1.807, 2.05) is 32.3 Å². The minimum Gasteiger partial charge on any atom is -0.423 e. The summed E-state index contributed by atoms with van der Waals surface area (Å²) >= 11 is 0. The third kappa shape index (κ3) is 4.35. The van der Waals surface area contributed by atoms with E-state index in [2.05, 4.69) is 23.1 Å². The van der Waals surface area contributed by atoms with E-state index in [1.54, 1.807) is 11.0 Å². The standard InChI is InChI=1S/C23H26N4O3/c1-15-4-7-17(8-5-15)19-9-11-22(29)27(25-19)14-18(28)12-16-6-10-21-20(13-16)24-23(30-21)26(2)3/h6-7,9-11,13,15H,4-5,8,12,14H2,1-3H3. The number of carbonyl (C=O) groups is 1. The SMILES string of the molecule is CC1CC=C(c2ccc(=O)n(CC(=O)Cc3ccc4oc(N(C)C)nc4c3)n2)CC1. The normalized spacial score (nSPS) is 16.5. The van der Waals surface area contributed by atoms with Gasteiger partial charge < -0.3 is 9.32 Å². The summed E-state index contributed by atoms with van der Waals surface area (Å²) in [6, 6.07) is 9.30. The van der Waals surface area contributed by atoms with Crippen molar-refractivity contribution in [2.45, 2.75) is 39.2 Å². The Balaban J connectivity index is 1.49. The van der Waals surface area contributed by atoms with Crippen molar-refractivity contribution in [2.75, 3.05) is 19.0 Å². The number of benzene rings is 1. The van der Waals surface area contributed by atoms with Gasteiger partial charge in [-0.15, -0.1) is 0 Å². The van der Waals surface area contributed by atoms with Gasteiger partial charge in [0.05, 0.1) is 5.69 Å². The Morgan fingerprint density at radius 2 is 2.10 bits per heavy atom. The molecule has 0 spiro atoms. The van der Waals surface area contributed by atoms with Gasteiger partial charge in [0.1, 0.15) is 12.1 Å². The fourth-order valence-corrected chi connectivity index (χ4v) is 3.64. The zero-order valence-electron chi connectivity index (χ0n) is 17.6. The van der Waals surface area contributed by atoms with Crippen LogP contribution in [0.4, 0.5) is 6.01 Å². The van der Waals surface area contributed by atoms with Crippen LogP contribution in [0, 0.1) is 5.92 Å². The molecule has 0 saturated carbocycles. The molecule has 156 valence electrons. The summed E-state index contributed by atoms with van der Waals surface area (Å²) in [6.07, 6.45) is 5.49. The quantitative estimate of drug-likeness (QED) is 0.624. The minimum atomic E-state index is -0.264. The number of ketones is 1. The van der Waals surface area contributed by atoms with Gasteiger partial charge in [0.2, 0.25) is 0 Å². The molecule has 0 fully saturated rings. The summed E-state index contributed by atoms with van der Waals surface area (Å²) in [5.41, 5.74) is 3.89. The highest BCUT2D eigenvalue weighted by Crippen LogP contribution is 2.28. The number of hydrogen-bond donors (Lipinski definition) is 0. The number of nitrogens with zero attached hydrogens (tertiary/aromatic N) is 4. The first-order valence-corrected chi connectivity index (χ1v) is 10.2. The summed E-state index contributed by atoms with van der Waals surface area (Å²) in [7, 11) is 3.72. The highest BCUT2D eigenvalue weighted by atomic mass is 16.4. The number of rotatable bonds is 6. The van der Waals surface area contributed by atoms with Crippen LogP contribution >= 0.6 is 0 Å². The van der Waals surface area contributed by atoms with Crippen LogP contribution in [0.1, 0.15) is 37.4 Å². The second-order valence-electron chi connectivity index (χ2n) is 8.23. The van der Waals surface area contributed by atoms with E-state index in [4.69, 9.17) is 4.42 Å². The number of aromatic nitrogens is 3. The number of anilines is 1. The summed E-state index contributed by atoms with van der Waals surface area (Å²) in [6.45, 7) is 2.19. The van der Waals surface area contributed by atoms with E-state index < -0.39 is 0 Å². The Hall–Kier alpha value is -3.22. The average Bonchev–Trinajstić information content (AvgIpc) is 3.14. The topological polar surface area (TPSA) is 81.2 Å². The van der Waals surface area contributed by atoms with Crippen molar-refractivity contribution >= 4 is 28.5 Å². The molecule has 4 rings (SSSR count). The number of carbonyl (C=O) groups excluding carboxylic acids is 1. The number of fused-ring (bicyclic) bond motifs is 1. The highest BCUT2D eigenvalue weighted by molar-refractivity contribution is 5.83. The molecule has 1 aliphatic rings. The monoisotopic (exact) mass is 406 g/mol. The van der Waals surface area contributed by atoms with Gasteiger partial charge in [-0.05, 0) is 54.5 Å². The molecule has 1 atom stereocenters. The van der Waals surface area contributed by atoms with Gasteiger partial charge in [-0.1, -0.05) is 19.1 Å². The Kier molecular flexibility index (Phi) is 5.53. The third-order valence-electron chi connectivity index (χ3n) is 5.42. The fraction of sp³-hybridized carbons (Fsp3) is 0.391. The molecule has 0 radical (unpaired) electrons. The lowest BCUT2D eigenvalue weighted by molar-refractivity contribution is -0.119. The molecule has 0 amide bonds. The van der Waals surface area contributed by atoms with E-state index in [0.717, 1.165) is 36.1 Å². The second-order valence-corrected chi connectivity index (χ2v) is 8.23. The molecule has 2 aromatic heterocycles. The maximum Gasteiger partial charge on any atom is 0.297 e. The molecule has 1 aromatic carbocycles. The maximum absolute atomic E-state index is 12.6. The molecule has 2 heterocycles. The van der Waals surface area contributed by atoms with Crippen LogP contribution in [0.3, 0.4) is 0 Å². The average molecular weight is 406 g/mol. The molecule has 1 aliphatic carbocycles. The van der Waals surface area contributed by atoms with Crippen molar-refractivity contribution in [3.63, 3.8) is 0 Å². The summed E-state index contributed by atoms with van der Waals surface area (Å²) < 4.78 is 6.92. The molecule has 3 aromatic rings. The Labute approximate surface area is 175 Å². The van der Waals surface area contributed by atoms with Gasteiger partial charge in [0, 0.05) is 26.6 Å². The number of oxazole rings is 1. The van der Waals surface area contributed by atoms with E-state index in [9.17, 15) is 9.59 Å². The highest BCUT2D eigenvalue weighted by Gasteiger charge is 2.15. The molecule has 0 N–H and O–H groups in total. The van der Waals surface area contributed by atoms with Crippen molar-refractivity contribution in [3.8, 4) is 0 Å². The maximum atomic E-state index is 12.6. The summed E-state index contributed by atoms with van der Waals surface area (Å²) in [5, 5.41) is 4.46. The molecule has 7 heteroatoms. The summed E-state index contributed by atoms with van der Waals surface area (Å²) in [4.78, 5) is 31.1. The fourth-order valence-electron chi connectivity index (χ4n) is 3.64. The van der Waals surface area contributed by atoms with Gasteiger partial charge in [0.15, 0.2) is 11.4 Å². The van der Waals surface area contributed by atoms with Crippen LogP contribution in [-0.2, 0) is 17.8 Å². The Morgan fingerprint density at radius 1 is 1.27 bits per heavy atom. The first kappa shape index (κ1) is 20.1. The number of hydrogen-bond acceptors (Lipinski definition) is 6. The Bertz CT molecular complexity index is 1170. The number of Topliss-reactive ketones (excluding diaryl/α,β-unsaturated/α-hetero) is 1. The van der Waals surface area contributed by atoms with Crippen LogP contribution in [-0.4, -0.2) is 34.6 Å².